The summed E-state index contributed by atoms with van der Waals surface area (Å²) in [5, 5.41) is 0. The zero-order valence-electron chi connectivity index (χ0n) is 17.2. The summed E-state index contributed by atoms with van der Waals surface area (Å²) in [7, 11) is 0. The van der Waals surface area contributed by atoms with Crippen molar-refractivity contribution in [2.24, 2.45) is 0 Å². The average Bonchev–Trinajstić information content (AvgIpc) is 2.70. The van der Waals surface area contributed by atoms with Crippen LogP contribution >= 0.6 is 0 Å². The van der Waals surface area contributed by atoms with E-state index >= 15 is 4.39 Å². The quantitative estimate of drug-likeness (QED) is 0.228. The Hall–Kier alpha value is -2.44. The number of allylic oxidation sites excluding steroid dienone is 2. The van der Waals surface area contributed by atoms with Crippen LogP contribution in [-0.2, 0) is 12.8 Å². The van der Waals surface area contributed by atoms with Crippen LogP contribution in [0.15, 0.2) is 35.9 Å². The van der Waals surface area contributed by atoms with Crippen molar-refractivity contribution in [3.8, 4) is 16.9 Å². The second-order valence-electron chi connectivity index (χ2n) is 7.79. The normalized spacial score (nSPS) is 13.7. The zero-order chi connectivity index (χ0) is 22.6. The third-order valence-electron chi connectivity index (χ3n) is 5.48. The summed E-state index contributed by atoms with van der Waals surface area (Å²) in [6.07, 6.45) is 4.59. The summed E-state index contributed by atoms with van der Waals surface area (Å²) < 4.78 is 83.6. The van der Waals surface area contributed by atoms with Crippen LogP contribution in [0, 0.1) is 17.5 Å². The van der Waals surface area contributed by atoms with Crippen molar-refractivity contribution < 1.29 is 31.1 Å². The Morgan fingerprint density at radius 3 is 2.26 bits per heavy atom. The van der Waals surface area contributed by atoms with Gasteiger partial charge in [-0.25, -0.2) is 13.2 Å². The molecule has 31 heavy (non-hydrogen) atoms. The topological polar surface area (TPSA) is 9.23 Å². The lowest BCUT2D eigenvalue weighted by Crippen LogP contribution is -2.19. The first-order valence-electron chi connectivity index (χ1n) is 10.4. The molecule has 1 aliphatic carbocycles. The molecule has 0 unspecified atom stereocenters. The number of ether oxygens (including phenoxy) is 1. The van der Waals surface area contributed by atoms with E-state index < -0.39 is 29.6 Å². The second-order valence-corrected chi connectivity index (χ2v) is 7.79. The van der Waals surface area contributed by atoms with Gasteiger partial charge in [0.25, 0.3) is 0 Å². The molecule has 7 heteroatoms. The lowest BCUT2D eigenvalue weighted by Gasteiger charge is -2.20. The molecule has 0 spiro atoms. The Kier molecular flexibility index (Phi) is 7.34. The monoisotopic (exact) mass is 442 g/mol. The van der Waals surface area contributed by atoms with Crippen LogP contribution in [0.1, 0.15) is 56.6 Å². The number of benzene rings is 2. The molecule has 0 saturated heterocycles. The van der Waals surface area contributed by atoms with Crippen LogP contribution in [0.3, 0.4) is 0 Å². The van der Waals surface area contributed by atoms with E-state index in [2.05, 4.69) is 11.7 Å². The summed E-state index contributed by atoms with van der Waals surface area (Å²) in [5.74, 6) is -5.26. The summed E-state index contributed by atoms with van der Waals surface area (Å²) in [5.41, 5.74) is 2.28. The average molecular weight is 442 g/mol. The molecule has 1 nitrogen and oxygen atoms in total. The highest BCUT2D eigenvalue weighted by Crippen LogP contribution is 2.36. The van der Waals surface area contributed by atoms with Crippen molar-refractivity contribution in [3.63, 3.8) is 0 Å². The number of rotatable bonds is 8. The Morgan fingerprint density at radius 1 is 0.935 bits per heavy atom. The standard InChI is InChI=1S/C24H24F6O/c1-2-3-4-5-6-7-15-8-10-18-16(12-15)9-11-19(22(18)27)17-13-20(25)23(21(26)14-17)31-24(28,29)30/h8-9,11,13-14H,2-7,10,12H2,1H3. The molecule has 1 aliphatic rings. The molecular formula is C24H24F6O. The van der Waals surface area contributed by atoms with E-state index in [9.17, 15) is 22.0 Å². The number of unbranched alkanes of at least 4 members (excludes halogenated alkanes) is 4. The first-order valence-corrected chi connectivity index (χ1v) is 10.4. The van der Waals surface area contributed by atoms with Crippen LogP contribution in [0.5, 0.6) is 5.75 Å². The number of fused-ring (bicyclic) bond motifs is 1. The Bertz CT molecular complexity index is 938. The highest BCUT2D eigenvalue weighted by molar-refractivity contribution is 5.67. The first-order chi connectivity index (χ1) is 14.7. The molecule has 0 aromatic heterocycles. The third kappa shape index (κ3) is 5.83. The molecular weight excluding hydrogens is 418 g/mol. The van der Waals surface area contributed by atoms with Gasteiger partial charge in [0.05, 0.1) is 0 Å². The molecule has 0 atom stereocenters. The van der Waals surface area contributed by atoms with Gasteiger partial charge in [0.2, 0.25) is 5.75 Å². The molecule has 2 aromatic rings. The largest absolute Gasteiger partial charge is 0.573 e. The van der Waals surface area contributed by atoms with Crippen molar-refractivity contribution >= 4 is 0 Å². The lowest BCUT2D eigenvalue weighted by atomic mass is 9.86. The highest BCUT2D eigenvalue weighted by atomic mass is 19.4. The Labute approximate surface area is 177 Å². The fourth-order valence-corrected chi connectivity index (χ4v) is 3.91. The maximum atomic E-state index is 15.1. The van der Waals surface area contributed by atoms with Crippen molar-refractivity contribution in [2.75, 3.05) is 0 Å². The zero-order valence-corrected chi connectivity index (χ0v) is 17.2. The van der Waals surface area contributed by atoms with Crippen LogP contribution in [0.2, 0.25) is 0 Å². The molecule has 0 saturated carbocycles. The van der Waals surface area contributed by atoms with Gasteiger partial charge >= 0.3 is 6.36 Å². The molecule has 0 aliphatic heterocycles. The molecule has 0 amide bonds. The van der Waals surface area contributed by atoms with E-state index in [0.29, 0.717) is 30.5 Å². The van der Waals surface area contributed by atoms with Gasteiger partial charge in [-0.3, -0.25) is 0 Å². The minimum atomic E-state index is -5.24. The molecule has 3 rings (SSSR count). The molecule has 2 aromatic carbocycles. The van der Waals surface area contributed by atoms with E-state index in [-0.39, 0.29) is 11.1 Å². The van der Waals surface area contributed by atoms with Gasteiger partial charge < -0.3 is 4.74 Å². The minimum absolute atomic E-state index is 0.0634. The van der Waals surface area contributed by atoms with Crippen molar-refractivity contribution in [1.82, 2.24) is 0 Å². The molecule has 0 heterocycles. The first kappa shape index (κ1) is 23.2. The van der Waals surface area contributed by atoms with Crippen molar-refractivity contribution in [1.29, 1.82) is 0 Å². The number of alkyl halides is 3. The predicted molar refractivity (Wildman–Crippen MR) is 107 cm³/mol. The number of halogens is 6. The minimum Gasteiger partial charge on any atom is -0.399 e. The SMILES string of the molecule is CCCCCCCC1=CCc2c(ccc(-c3cc(F)c(OC(F)(F)F)c(F)c3)c2F)C1. The van der Waals surface area contributed by atoms with Gasteiger partial charge in [0.15, 0.2) is 11.6 Å². The van der Waals surface area contributed by atoms with E-state index in [1.165, 1.54) is 30.9 Å². The smallest absolute Gasteiger partial charge is 0.399 e. The number of hydrogen-bond donors (Lipinski definition) is 0. The molecule has 168 valence electrons. The predicted octanol–water partition coefficient (Wildman–Crippen LogP) is 8.06. The van der Waals surface area contributed by atoms with Gasteiger partial charge in [0.1, 0.15) is 5.82 Å². The Morgan fingerprint density at radius 2 is 1.61 bits per heavy atom. The van der Waals surface area contributed by atoms with E-state index in [0.717, 1.165) is 24.8 Å². The van der Waals surface area contributed by atoms with Crippen LogP contribution < -0.4 is 4.74 Å². The van der Waals surface area contributed by atoms with E-state index in [1.807, 2.05) is 6.08 Å². The van der Waals surface area contributed by atoms with Gasteiger partial charge in [-0.1, -0.05) is 56.4 Å². The van der Waals surface area contributed by atoms with Crippen molar-refractivity contribution in [3.05, 3.63) is 64.5 Å². The second kappa shape index (κ2) is 9.79. The van der Waals surface area contributed by atoms with Gasteiger partial charge in [-0.2, -0.15) is 0 Å². The fraction of sp³-hybridized carbons (Fsp3) is 0.417. The maximum Gasteiger partial charge on any atom is 0.573 e. The van der Waals surface area contributed by atoms with E-state index in [1.54, 1.807) is 6.07 Å². The van der Waals surface area contributed by atoms with Gasteiger partial charge in [-0.05, 0) is 54.5 Å². The number of hydrogen-bond acceptors (Lipinski definition) is 1. The summed E-state index contributed by atoms with van der Waals surface area (Å²) >= 11 is 0. The summed E-state index contributed by atoms with van der Waals surface area (Å²) in [6.45, 7) is 2.16. The van der Waals surface area contributed by atoms with Crippen LogP contribution in [0.25, 0.3) is 11.1 Å². The maximum absolute atomic E-state index is 15.1. The summed E-state index contributed by atoms with van der Waals surface area (Å²) in [6, 6.07) is 4.43. The van der Waals surface area contributed by atoms with Gasteiger partial charge in [-0.15, -0.1) is 13.2 Å². The lowest BCUT2D eigenvalue weighted by molar-refractivity contribution is -0.276. The third-order valence-corrected chi connectivity index (χ3v) is 5.48. The van der Waals surface area contributed by atoms with Crippen molar-refractivity contribution in [2.45, 2.75) is 64.7 Å². The van der Waals surface area contributed by atoms with Gasteiger partial charge in [0, 0.05) is 5.56 Å². The molecule has 0 radical (unpaired) electrons. The fourth-order valence-electron chi connectivity index (χ4n) is 3.91. The summed E-state index contributed by atoms with van der Waals surface area (Å²) in [4.78, 5) is 0. The molecule has 0 bridgehead atoms. The van der Waals surface area contributed by atoms with E-state index in [4.69, 9.17) is 0 Å². The molecule has 0 fully saturated rings. The van der Waals surface area contributed by atoms with Crippen LogP contribution in [-0.4, -0.2) is 6.36 Å². The Balaban J connectivity index is 1.78. The molecule has 0 N–H and O–H groups in total. The van der Waals surface area contributed by atoms with Crippen LogP contribution in [0.4, 0.5) is 26.3 Å². The highest BCUT2D eigenvalue weighted by Gasteiger charge is 2.34.